The summed E-state index contributed by atoms with van der Waals surface area (Å²) < 4.78 is 5.21. The van der Waals surface area contributed by atoms with E-state index >= 15 is 0 Å². The minimum absolute atomic E-state index is 0.0216. The first-order valence-electron chi connectivity index (χ1n) is 8.29. The Bertz CT molecular complexity index is 731. The third kappa shape index (κ3) is 3.67. The SMILES string of the molecule is COc1ccc(C2CCCCN(C(=O)c3ccc(=O)[nH]c3)C2)cc1. The molecule has 1 aliphatic rings. The van der Waals surface area contributed by atoms with Gasteiger partial charge < -0.3 is 14.6 Å². The fourth-order valence-corrected chi connectivity index (χ4v) is 3.20. The van der Waals surface area contributed by atoms with E-state index < -0.39 is 0 Å². The molecule has 126 valence electrons. The van der Waals surface area contributed by atoms with Crippen molar-refractivity contribution in [1.29, 1.82) is 0 Å². The maximum absolute atomic E-state index is 12.7. The van der Waals surface area contributed by atoms with Gasteiger partial charge in [0.15, 0.2) is 0 Å². The first-order valence-corrected chi connectivity index (χ1v) is 8.29. The van der Waals surface area contributed by atoms with E-state index in [4.69, 9.17) is 4.74 Å². The van der Waals surface area contributed by atoms with E-state index in [1.807, 2.05) is 17.0 Å². The summed E-state index contributed by atoms with van der Waals surface area (Å²) in [4.78, 5) is 28.4. The van der Waals surface area contributed by atoms with Crippen LogP contribution in [0.25, 0.3) is 0 Å². The summed E-state index contributed by atoms with van der Waals surface area (Å²) in [6, 6.07) is 11.1. The first-order chi connectivity index (χ1) is 11.7. The fourth-order valence-electron chi connectivity index (χ4n) is 3.20. The highest BCUT2D eigenvalue weighted by atomic mass is 16.5. The predicted octanol–water partition coefficient (Wildman–Crippen LogP) is 2.79. The van der Waals surface area contributed by atoms with Crippen LogP contribution >= 0.6 is 0 Å². The number of H-pyrrole nitrogens is 1. The summed E-state index contributed by atoms with van der Waals surface area (Å²) in [5, 5.41) is 0. The van der Waals surface area contributed by atoms with Crippen LogP contribution in [0.3, 0.4) is 0 Å². The molecule has 3 rings (SSSR count). The van der Waals surface area contributed by atoms with E-state index in [1.165, 1.54) is 17.8 Å². The number of ether oxygens (including phenoxy) is 1. The van der Waals surface area contributed by atoms with Crippen LogP contribution in [0.2, 0.25) is 0 Å². The van der Waals surface area contributed by atoms with E-state index in [-0.39, 0.29) is 11.5 Å². The van der Waals surface area contributed by atoms with Crippen molar-refractivity contribution < 1.29 is 9.53 Å². The van der Waals surface area contributed by atoms with Gasteiger partial charge in [-0.15, -0.1) is 0 Å². The van der Waals surface area contributed by atoms with Crippen LogP contribution in [0, 0.1) is 0 Å². The third-order valence-corrected chi connectivity index (χ3v) is 4.58. The Hall–Kier alpha value is -2.56. The number of nitrogens with one attached hydrogen (secondary N) is 1. The molecule has 1 unspecified atom stereocenters. The Labute approximate surface area is 141 Å². The largest absolute Gasteiger partial charge is 0.497 e. The highest BCUT2D eigenvalue weighted by molar-refractivity contribution is 5.93. The van der Waals surface area contributed by atoms with Gasteiger partial charge >= 0.3 is 0 Å². The molecule has 1 aromatic carbocycles. The van der Waals surface area contributed by atoms with Crippen LogP contribution in [0.5, 0.6) is 5.75 Å². The number of nitrogens with zero attached hydrogens (tertiary/aromatic N) is 1. The van der Waals surface area contributed by atoms with Crippen molar-refractivity contribution in [3.63, 3.8) is 0 Å². The van der Waals surface area contributed by atoms with Crippen molar-refractivity contribution in [1.82, 2.24) is 9.88 Å². The molecule has 0 aliphatic carbocycles. The number of aromatic amines is 1. The first kappa shape index (κ1) is 16.3. The van der Waals surface area contributed by atoms with Crippen LogP contribution in [-0.4, -0.2) is 36.0 Å². The number of rotatable bonds is 3. The maximum atomic E-state index is 12.7. The molecule has 5 nitrogen and oxygen atoms in total. The molecule has 0 radical (unpaired) electrons. The van der Waals surface area contributed by atoms with Crippen LogP contribution in [0.15, 0.2) is 47.4 Å². The molecule has 2 heterocycles. The van der Waals surface area contributed by atoms with E-state index in [0.717, 1.165) is 31.6 Å². The summed E-state index contributed by atoms with van der Waals surface area (Å²) in [7, 11) is 1.66. The van der Waals surface area contributed by atoms with Gasteiger partial charge in [0.1, 0.15) is 5.75 Å². The fraction of sp³-hybridized carbons (Fsp3) is 0.368. The van der Waals surface area contributed by atoms with Crippen molar-refractivity contribution in [3.05, 3.63) is 64.1 Å². The van der Waals surface area contributed by atoms with E-state index in [1.54, 1.807) is 13.2 Å². The molecule has 1 aromatic heterocycles. The summed E-state index contributed by atoms with van der Waals surface area (Å²) >= 11 is 0. The Morgan fingerprint density at radius 1 is 1.17 bits per heavy atom. The molecule has 1 N–H and O–H groups in total. The third-order valence-electron chi connectivity index (χ3n) is 4.58. The van der Waals surface area contributed by atoms with Crippen LogP contribution in [0.1, 0.15) is 41.1 Å². The van der Waals surface area contributed by atoms with Gasteiger partial charge in [-0.3, -0.25) is 9.59 Å². The lowest BCUT2D eigenvalue weighted by Gasteiger charge is -2.25. The normalized spacial score (nSPS) is 18.0. The molecule has 1 saturated heterocycles. The van der Waals surface area contributed by atoms with E-state index in [0.29, 0.717) is 18.0 Å². The molecule has 24 heavy (non-hydrogen) atoms. The van der Waals surface area contributed by atoms with Crippen molar-refractivity contribution in [2.75, 3.05) is 20.2 Å². The minimum atomic E-state index is -0.196. The van der Waals surface area contributed by atoms with Gasteiger partial charge in [0.2, 0.25) is 5.56 Å². The number of pyridine rings is 1. The second-order valence-electron chi connectivity index (χ2n) is 6.16. The molecule has 0 bridgehead atoms. The highest BCUT2D eigenvalue weighted by Crippen LogP contribution is 2.28. The Balaban J connectivity index is 1.77. The highest BCUT2D eigenvalue weighted by Gasteiger charge is 2.24. The molecule has 0 spiro atoms. The molecule has 2 aromatic rings. The molecule has 1 aliphatic heterocycles. The number of likely N-dealkylation sites (tertiary alicyclic amines) is 1. The summed E-state index contributed by atoms with van der Waals surface area (Å²) in [5.41, 5.74) is 1.57. The monoisotopic (exact) mass is 326 g/mol. The molecule has 1 atom stereocenters. The van der Waals surface area contributed by atoms with Crippen molar-refractivity contribution in [3.8, 4) is 5.75 Å². The standard InChI is InChI=1S/C19H22N2O3/c1-24-17-8-5-14(6-9-17)16-4-2-3-11-21(13-16)19(23)15-7-10-18(22)20-12-15/h5-10,12,16H,2-4,11,13H2,1H3,(H,20,22). The summed E-state index contributed by atoms with van der Waals surface area (Å²) in [6.45, 7) is 1.45. The molecule has 0 saturated carbocycles. The van der Waals surface area contributed by atoms with Gasteiger partial charge in [0, 0.05) is 31.3 Å². The molecule has 5 heteroatoms. The van der Waals surface area contributed by atoms with Crippen LogP contribution in [-0.2, 0) is 0 Å². The van der Waals surface area contributed by atoms with Gasteiger partial charge in [-0.25, -0.2) is 0 Å². The van der Waals surface area contributed by atoms with Gasteiger partial charge in [0.25, 0.3) is 5.91 Å². The smallest absolute Gasteiger partial charge is 0.255 e. The van der Waals surface area contributed by atoms with E-state index in [9.17, 15) is 9.59 Å². The van der Waals surface area contributed by atoms with Crippen molar-refractivity contribution in [2.45, 2.75) is 25.2 Å². The minimum Gasteiger partial charge on any atom is -0.497 e. The van der Waals surface area contributed by atoms with Crippen LogP contribution < -0.4 is 10.3 Å². The zero-order valence-corrected chi connectivity index (χ0v) is 13.8. The summed E-state index contributed by atoms with van der Waals surface area (Å²) in [6.07, 6.45) is 4.67. The second-order valence-corrected chi connectivity index (χ2v) is 6.16. The molecular formula is C19H22N2O3. The number of methoxy groups -OCH3 is 1. The van der Waals surface area contributed by atoms with Gasteiger partial charge in [0.05, 0.1) is 12.7 Å². The molecule has 1 fully saturated rings. The lowest BCUT2D eigenvalue weighted by Crippen LogP contribution is -2.34. The number of aromatic nitrogens is 1. The van der Waals surface area contributed by atoms with E-state index in [2.05, 4.69) is 17.1 Å². The Morgan fingerprint density at radius 2 is 1.96 bits per heavy atom. The number of amides is 1. The number of carbonyl (C=O) groups is 1. The van der Waals surface area contributed by atoms with Crippen molar-refractivity contribution in [2.24, 2.45) is 0 Å². The van der Waals surface area contributed by atoms with Gasteiger partial charge in [-0.05, 0) is 36.6 Å². The summed E-state index contributed by atoms with van der Waals surface area (Å²) in [5.74, 6) is 1.14. The lowest BCUT2D eigenvalue weighted by molar-refractivity contribution is 0.0754. The lowest BCUT2D eigenvalue weighted by atomic mass is 9.94. The average molecular weight is 326 g/mol. The predicted molar refractivity (Wildman–Crippen MR) is 92.6 cm³/mol. The second kappa shape index (κ2) is 7.34. The zero-order valence-electron chi connectivity index (χ0n) is 13.8. The number of hydrogen-bond donors (Lipinski definition) is 1. The topological polar surface area (TPSA) is 62.4 Å². The molecular weight excluding hydrogens is 304 g/mol. The van der Waals surface area contributed by atoms with Gasteiger partial charge in [-0.2, -0.15) is 0 Å². The molecule has 1 amide bonds. The Kier molecular flexibility index (Phi) is 4.99. The number of benzene rings is 1. The van der Waals surface area contributed by atoms with Crippen molar-refractivity contribution >= 4 is 5.91 Å². The zero-order chi connectivity index (χ0) is 16.9. The quantitative estimate of drug-likeness (QED) is 0.943. The maximum Gasteiger partial charge on any atom is 0.255 e. The number of hydrogen-bond acceptors (Lipinski definition) is 3. The van der Waals surface area contributed by atoms with Crippen LogP contribution in [0.4, 0.5) is 0 Å². The number of carbonyl (C=O) groups excluding carboxylic acids is 1. The average Bonchev–Trinajstić information content (AvgIpc) is 2.88. The van der Waals surface area contributed by atoms with Gasteiger partial charge in [-0.1, -0.05) is 18.6 Å². The Morgan fingerprint density at radius 3 is 2.62 bits per heavy atom.